The topological polar surface area (TPSA) is 210 Å². The molecule has 0 saturated carbocycles. The summed E-state index contributed by atoms with van der Waals surface area (Å²) in [4.78, 5) is 0. The van der Waals surface area contributed by atoms with Crippen LogP contribution in [-0.4, -0.2) is 0 Å². The van der Waals surface area contributed by atoms with Crippen LogP contribution >= 0.6 is 0 Å². The van der Waals surface area contributed by atoms with Crippen molar-refractivity contribution in [2.45, 2.75) is 0 Å². The van der Waals surface area contributed by atoms with Crippen molar-refractivity contribution in [2.75, 3.05) is 0 Å². The summed E-state index contributed by atoms with van der Waals surface area (Å²) in [5.41, 5.74) is 0. The maximum absolute atomic E-state index is 0. The van der Waals surface area contributed by atoms with Gasteiger partial charge in [-0.15, -0.1) is 0 Å². The van der Waals surface area contributed by atoms with E-state index in [-0.39, 0.29) is 129 Å². The van der Waals surface area contributed by atoms with Gasteiger partial charge in [0.1, 0.15) is 0 Å². The van der Waals surface area contributed by atoms with Crippen molar-refractivity contribution in [1.29, 1.82) is 0 Å². The molecule has 0 fully saturated rings. The number of halogens is 3. The van der Waals surface area contributed by atoms with Crippen LogP contribution in [0.5, 0.6) is 0 Å². The summed E-state index contributed by atoms with van der Waals surface area (Å²) in [5.74, 6) is 0. The maximum Gasteiger partial charge on any atom is 3.00 e. The molecule has 0 atom stereocenters. The molecule has 0 aromatic rings. The first-order valence-electron chi connectivity index (χ1n) is 0. The molecule has 0 radical (unpaired) electrons. The average Bonchev–Trinajstić information content (AvgIpc) is 0. The van der Waals surface area contributed by atoms with Gasteiger partial charge in [0.15, 0.2) is 0 Å². The van der Waals surface area contributed by atoms with Gasteiger partial charge in [0.05, 0.1) is 0 Å². The summed E-state index contributed by atoms with van der Waals surface area (Å²) in [5, 5.41) is 0. The molecule has 10 heteroatoms. The normalized spacial score (nSPS) is 0. The largest absolute Gasteiger partial charge is 3.00 e. The Morgan fingerprint density at radius 1 is 0.300 bits per heavy atom. The Bertz CT molecular complexity index is 13.0. The molecule has 0 amide bonds. The van der Waals surface area contributed by atoms with Crippen LogP contribution in [0, 0.1) is 0 Å². The van der Waals surface area contributed by atoms with Gasteiger partial charge < -0.3 is 109 Å². The summed E-state index contributed by atoms with van der Waals surface area (Å²) in [6, 6.07) is 0. The van der Waals surface area contributed by atoms with E-state index in [1.165, 1.54) is 0 Å². The van der Waals surface area contributed by atoms with Crippen LogP contribution in [0.15, 0.2) is 0 Å². The van der Waals surface area contributed by atoms with Crippen molar-refractivity contribution < 1.29 is 92.0 Å². The average molecular weight is 675 g/mol. The molecular weight excluding hydrogens is 657 g/mol. The van der Waals surface area contributed by atoms with Crippen molar-refractivity contribution in [1.82, 2.24) is 36.9 Å². The molecule has 0 saturated heterocycles. The predicted octanol–water partition coefficient (Wildman–Crippen LogP) is -8.02. The molecule has 78 valence electrons. The van der Waals surface area contributed by atoms with Crippen molar-refractivity contribution >= 4 is 0 Å². The van der Waals surface area contributed by atoms with Gasteiger partial charge in [-0.3, -0.25) is 0 Å². The smallest absolute Gasteiger partial charge is 1.00 e. The standard InChI is InChI=1S/3HI.Ir.6H3N/h3*1H;;6*1H3/q;;;+3;;;;;;/p-3. The van der Waals surface area contributed by atoms with Crippen LogP contribution in [0.4, 0.5) is 0 Å². The van der Waals surface area contributed by atoms with Gasteiger partial charge in [-0.2, -0.15) is 0 Å². The fourth-order valence-electron chi connectivity index (χ4n) is 0. The molecule has 0 unspecified atom stereocenters. The Labute approximate surface area is 127 Å². The van der Waals surface area contributed by atoms with Crippen LogP contribution < -0.4 is 109 Å². The van der Waals surface area contributed by atoms with Crippen LogP contribution in [0.2, 0.25) is 0 Å². The second-order valence-corrected chi connectivity index (χ2v) is 0. The molecule has 0 spiro atoms. The molecule has 0 aliphatic rings. The third kappa shape index (κ3) is 145. The van der Waals surface area contributed by atoms with Crippen LogP contribution in [0.3, 0.4) is 0 Å². The Balaban J connectivity index is 0. The molecule has 0 aromatic heterocycles. The minimum absolute atomic E-state index is 0. The molecule has 10 heavy (non-hydrogen) atoms. The van der Waals surface area contributed by atoms with Gasteiger partial charge in [0, 0.05) is 0 Å². The fraction of sp³-hybridized carbons (Fsp3) is 0. The van der Waals surface area contributed by atoms with Gasteiger partial charge in [0.25, 0.3) is 0 Å². The third-order valence-electron chi connectivity index (χ3n) is 0. The number of hydrogen-bond acceptors (Lipinski definition) is 6. The van der Waals surface area contributed by atoms with Crippen molar-refractivity contribution in [2.24, 2.45) is 0 Å². The molecule has 6 nitrogen and oxygen atoms in total. The van der Waals surface area contributed by atoms with Gasteiger partial charge in [-0.05, 0) is 0 Å². The van der Waals surface area contributed by atoms with E-state index >= 15 is 0 Å². The van der Waals surface area contributed by atoms with Crippen LogP contribution in [0.25, 0.3) is 0 Å². The second kappa shape index (κ2) is 193. The first kappa shape index (κ1) is 251. The Hall–Kier alpha value is 2.60. The summed E-state index contributed by atoms with van der Waals surface area (Å²) in [6.07, 6.45) is 0. The Morgan fingerprint density at radius 3 is 0.300 bits per heavy atom. The molecule has 0 aliphatic carbocycles. The first-order valence-corrected chi connectivity index (χ1v) is 0. The van der Waals surface area contributed by atoms with E-state index in [4.69, 9.17) is 0 Å². The predicted molar refractivity (Wildman–Crippen MR) is 30.1 cm³/mol. The fourth-order valence-corrected chi connectivity index (χ4v) is 0. The van der Waals surface area contributed by atoms with E-state index in [0.29, 0.717) is 0 Å². The van der Waals surface area contributed by atoms with Crippen molar-refractivity contribution in [3.05, 3.63) is 0 Å². The zero-order valence-electron chi connectivity index (χ0n) is 5.71. The molecule has 0 aromatic carbocycles. The minimum atomic E-state index is 0. The van der Waals surface area contributed by atoms with Crippen molar-refractivity contribution in [3.8, 4) is 0 Å². The second-order valence-electron chi connectivity index (χ2n) is 0. The Morgan fingerprint density at radius 2 is 0.300 bits per heavy atom. The third-order valence-corrected chi connectivity index (χ3v) is 0. The molecule has 0 rings (SSSR count). The number of hydrogen-bond donors (Lipinski definition) is 6. The summed E-state index contributed by atoms with van der Waals surface area (Å²) >= 11 is 0. The first-order chi connectivity index (χ1) is 0. The van der Waals surface area contributed by atoms with E-state index in [0.717, 1.165) is 0 Å². The van der Waals surface area contributed by atoms with Gasteiger partial charge in [-0.25, -0.2) is 0 Å². The SMILES string of the molecule is N.N.N.N.N.N.[I-].[I-].[I-].[Ir+3]. The van der Waals surface area contributed by atoms with Crippen LogP contribution in [0.1, 0.15) is 0 Å². The molecule has 0 heterocycles. The van der Waals surface area contributed by atoms with Crippen LogP contribution in [-0.2, 0) is 20.1 Å². The van der Waals surface area contributed by atoms with Gasteiger partial charge in [0.2, 0.25) is 0 Å². The molecule has 18 N–H and O–H groups in total. The monoisotopic (exact) mass is 676 g/mol. The summed E-state index contributed by atoms with van der Waals surface area (Å²) < 4.78 is 0. The van der Waals surface area contributed by atoms with E-state index in [2.05, 4.69) is 0 Å². The molecular formula is H18I3IrN6. The van der Waals surface area contributed by atoms with E-state index in [9.17, 15) is 0 Å². The van der Waals surface area contributed by atoms with E-state index in [1.807, 2.05) is 0 Å². The summed E-state index contributed by atoms with van der Waals surface area (Å²) in [7, 11) is 0. The molecule has 0 bridgehead atoms. The number of rotatable bonds is 0. The van der Waals surface area contributed by atoms with Gasteiger partial charge >= 0.3 is 20.1 Å². The summed E-state index contributed by atoms with van der Waals surface area (Å²) in [6.45, 7) is 0. The quantitative estimate of drug-likeness (QED) is 0.137. The Kier molecular flexibility index (Phi) is 4840. The van der Waals surface area contributed by atoms with Crippen molar-refractivity contribution in [3.63, 3.8) is 0 Å². The minimum Gasteiger partial charge on any atom is -1.00 e. The molecule has 0 aliphatic heterocycles. The zero-order valence-corrected chi connectivity index (χ0v) is 14.6. The van der Waals surface area contributed by atoms with E-state index < -0.39 is 0 Å². The van der Waals surface area contributed by atoms with E-state index in [1.54, 1.807) is 0 Å². The van der Waals surface area contributed by atoms with Gasteiger partial charge in [-0.1, -0.05) is 0 Å². The zero-order chi connectivity index (χ0) is 0. The maximum atomic E-state index is 0.